The summed E-state index contributed by atoms with van der Waals surface area (Å²) in [6.07, 6.45) is 0. The van der Waals surface area contributed by atoms with Crippen molar-refractivity contribution >= 4 is 11.7 Å². The van der Waals surface area contributed by atoms with E-state index in [1.807, 2.05) is 37.3 Å². The molecule has 0 bridgehead atoms. The molecular weight excluding hydrogens is 309 g/mol. The Morgan fingerprint density at radius 2 is 1.83 bits per heavy atom. The van der Waals surface area contributed by atoms with E-state index in [9.17, 15) is 9.18 Å². The van der Waals surface area contributed by atoms with Crippen molar-refractivity contribution in [3.63, 3.8) is 0 Å². The summed E-state index contributed by atoms with van der Waals surface area (Å²) in [6, 6.07) is 14.9. The van der Waals surface area contributed by atoms with Gasteiger partial charge in [-0.25, -0.2) is 4.39 Å². The van der Waals surface area contributed by atoms with Gasteiger partial charge in [-0.1, -0.05) is 35.5 Å². The highest BCUT2D eigenvalue weighted by atomic mass is 19.1. The molecule has 3 rings (SSSR count). The minimum Gasteiger partial charge on any atom is -0.382 e. The Bertz CT molecular complexity index is 845. The molecule has 0 aliphatic heterocycles. The Hall–Kier alpha value is -3.22. The van der Waals surface area contributed by atoms with Gasteiger partial charge in [-0.15, -0.1) is 5.10 Å². The van der Waals surface area contributed by atoms with Crippen molar-refractivity contribution in [3.05, 3.63) is 71.7 Å². The second kappa shape index (κ2) is 6.49. The molecule has 0 radical (unpaired) electrons. The molecule has 24 heavy (non-hydrogen) atoms. The number of carbonyl (C=O) groups is 1. The lowest BCUT2D eigenvalue weighted by Crippen LogP contribution is -2.27. The first-order valence-electron chi connectivity index (χ1n) is 7.39. The van der Waals surface area contributed by atoms with Crippen LogP contribution in [0, 0.1) is 5.82 Å². The SMILES string of the molecule is C[C@H](NC(=O)c1nnn(-c2ccc(F)cc2)c1N)c1ccccc1. The number of hydrogen-bond donors (Lipinski definition) is 2. The molecule has 1 atom stereocenters. The maximum Gasteiger partial charge on any atom is 0.276 e. The molecule has 3 N–H and O–H groups in total. The second-order valence-electron chi connectivity index (χ2n) is 5.32. The molecule has 1 amide bonds. The highest BCUT2D eigenvalue weighted by Gasteiger charge is 2.20. The molecular formula is C17H16FN5O. The van der Waals surface area contributed by atoms with Crippen LogP contribution < -0.4 is 11.1 Å². The lowest BCUT2D eigenvalue weighted by molar-refractivity contribution is 0.0935. The summed E-state index contributed by atoms with van der Waals surface area (Å²) in [7, 11) is 0. The van der Waals surface area contributed by atoms with E-state index in [-0.39, 0.29) is 23.4 Å². The van der Waals surface area contributed by atoms with Crippen molar-refractivity contribution in [2.75, 3.05) is 5.73 Å². The Balaban J connectivity index is 1.80. The first-order chi connectivity index (χ1) is 11.6. The molecule has 0 fully saturated rings. The van der Waals surface area contributed by atoms with Gasteiger partial charge in [-0.2, -0.15) is 4.68 Å². The summed E-state index contributed by atoms with van der Waals surface area (Å²) in [6.45, 7) is 1.87. The van der Waals surface area contributed by atoms with Crippen LogP contribution in [0.3, 0.4) is 0 Å². The van der Waals surface area contributed by atoms with E-state index in [0.717, 1.165) is 5.56 Å². The molecule has 2 aromatic carbocycles. The summed E-state index contributed by atoms with van der Waals surface area (Å²) in [5.41, 5.74) is 7.49. The number of aromatic nitrogens is 3. The van der Waals surface area contributed by atoms with Crippen LogP contribution >= 0.6 is 0 Å². The van der Waals surface area contributed by atoms with Crippen molar-refractivity contribution in [3.8, 4) is 5.69 Å². The number of nitrogens with one attached hydrogen (secondary N) is 1. The van der Waals surface area contributed by atoms with Gasteiger partial charge < -0.3 is 11.1 Å². The molecule has 122 valence electrons. The largest absolute Gasteiger partial charge is 0.382 e. The number of anilines is 1. The molecule has 1 heterocycles. The zero-order valence-electron chi connectivity index (χ0n) is 13.0. The highest BCUT2D eigenvalue weighted by molar-refractivity contribution is 5.96. The Kier molecular flexibility index (Phi) is 4.24. The average molecular weight is 325 g/mol. The van der Waals surface area contributed by atoms with E-state index >= 15 is 0 Å². The number of nitrogen functional groups attached to an aromatic ring is 1. The van der Waals surface area contributed by atoms with Gasteiger partial charge in [0.15, 0.2) is 11.5 Å². The zero-order valence-corrected chi connectivity index (χ0v) is 13.0. The number of hydrogen-bond acceptors (Lipinski definition) is 4. The number of halogens is 1. The van der Waals surface area contributed by atoms with Gasteiger partial charge in [-0.05, 0) is 36.8 Å². The van der Waals surface area contributed by atoms with Gasteiger partial charge in [0.05, 0.1) is 11.7 Å². The lowest BCUT2D eigenvalue weighted by atomic mass is 10.1. The van der Waals surface area contributed by atoms with Gasteiger partial charge in [0.1, 0.15) is 5.82 Å². The van der Waals surface area contributed by atoms with E-state index in [1.165, 1.54) is 28.9 Å². The molecule has 7 heteroatoms. The molecule has 0 aliphatic rings. The van der Waals surface area contributed by atoms with Crippen LogP contribution in [-0.2, 0) is 0 Å². The van der Waals surface area contributed by atoms with Crippen LogP contribution in [0.5, 0.6) is 0 Å². The maximum atomic E-state index is 13.0. The fourth-order valence-corrected chi connectivity index (χ4v) is 2.31. The highest BCUT2D eigenvalue weighted by Crippen LogP contribution is 2.17. The van der Waals surface area contributed by atoms with Crippen molar-refractivity contribution < 1.29 is 9.18 Å². The number of amides is 1. The van der Waals surface area contributed by atoms with Gasteiger partial charge >= 0.3 is 0 Å². The van der Waals surface area contributed by atoms with Crippen LogP contribution in [0.2, 0.25) is 0 Å². The third kappa shape index (κ3) is 3.10. The number of nitrogens with two attached hydrogens (primary N) is 1. The summed E-state index contributed by atoms with van der Waals surface area (Å²) in [5.74, 6) is -0.691. The zero-order chi connectivity index (χ0) is 17.1. The normalized spacial score (nSPS) is 11.9. The second-order valence-corrected chi connectivity index (χ2v) is 5.32. The fraction of sp³-hybridized carbons (Fsp3) is 0.118. The maximum absolute atomic E-state index is 13.0. The molecule has 6 nitrogen and oxygen atoms in total. The quantitative estimate of drug-likeness (QED) is 0.771. The van der Waals surface area contributed by atoms with E-state index in [4.69, 9.17) is 5.73 Å². The van der Waals surface area contributed by atoms with Crippen LogP contribution in [0.1, 0.15) is 29.0 Å². The van der Waals surface area contributed by atoms with Crippen molar-refractivity contribution in [1.82, 2.24) is 20.3 Å². The predicted molar refractivity (Wildman–Crippen MR) is 88.1 cm³/mol. The van der Waals surface area contributed by atoms with E-state index < -0.39 is 5.91 Å². The van der Waals surface area contributed by atoms with E-state index in [0.29, 0.717) is 5.69 Å². The van der Waals surface area contributed by atoms with Crippen LogP contribution in [-0.4, -0.2) is 20.9 Å². The Morgan fingerprint density at radius 1 is 1.17 bits per heavy atom. The van der Waals surface area contributed by atoms with Crippen LogP contribution in [0.4, 0.5) is 10.2 Å². The lowest BCUT2D eigenvalue weighted by Gasteiger charge is -2.13. The van der Waals surface area contributed by atoms with Crippen molar-refractivity contribution in [2.24, 2.45) is 0 Å². The fourth-order valence-electron chi connectivity index (χ4n) is 2.31. The first kappa shape index (κ1) is 15.7. The third-order valence-corrected chi connectivity index (χ3v) is 3.64. The summed E-state index contributed by atoms with van der Waals surface area (Å²) < 4.78 is 14.3. The first-order valence-corrected chi connectivity index (χ1v) is 7.39. The minimum atomic E-state index is -0.419. The van der Waals surface area contributed by atoms with E-state index in [2.05, 4.69) is 15.6 Å². The molecule has 1 aromatic heterocycles. The summed E-state index contributed by atoms with van der Waals surface area (Å²) >= 11 is 0. The van der Waals surface area contributed by atoms with Gasteiger partial charge in [-0.3, -0.25) is 4.79 Å². The summed E-state index contributed by atoms with van der Waals surface area (Å²) in [4.78, 5) is 12.4. The van der Waals surface area contributed by atoms with Crippen LogP contribution in [0.15, 0.2) is 54.6 Å². The number of benzene rings is 2. The average Bonchev–Trinajstić information content (AvgIpc) is 2.98. The van der Waals surface area contributed by atoms with Crippen molar-refractivity contribution in [1.29, 1.82) is 0 Å². The van der Waals surface area contributed by atoms with E-state index in [1.54, 1.807) is 0 Å². The number of nitrogens with zero attached hydrogens (tertiary/aromatic N) is 3. The van der Waals surface area contributed by atoms with Gasteiger partial charge in [0.25, 0.3) is 5.91 Å². The molecule has 0 saturated carbocycles. The van der Waals surface area contributed by atoms with Crippen molar-refractivity contribution in [2.45, 2.75) is 13.0 Å². The molecule has 0 unspecified atom stereocenters. The number of carbonyl (C=O) groups excluding carboxylic acids is 1. The standard InChI is InChI=1S/C17H16FN5O/c1-11(12-5-3-2-4-6-12)20-17(24)15-16(19)23(22-21-15)14-9-7-13(18)8-10-14/h2-11H,19H2,1H3,(H,20,24)/t11-/m0/s1. The topological polar surface area (TPSA) is 85.8 Å². The van der Waals surface area contributed by atoms with Gasteiger partial charge in [0.2, 0.25) is 0 Å². The molecule has 0 saturated heterocycles. The monoisotopic (exact) mass is 325 g/mol. The summed E-state index contributed by atoms with van der Waals surface area (Å²) in [5, 5.41) is 10.6. The minimum absolute atomic E-state index is 0.0297. The van der Waals surface area contributed by atoms with Crippen LogP contribution in [0.25, 0.3) is 5.69 Å². The Labute approximate surface area is 138 Å². The number of rotatable bonds is 4. The third-order valence-electron chi connectivity index (χ3n) is 3.64. The Morgan fingerprint density at radius 3 is 2.50 bits per heavy atom. The smallest absolute Gasteiger partial charge is 0.276 e. The molecule has 0 aliphatic carbocycles. The molecule has 3 aromatic rings. The van der Waals surface area contributed by atoms with Gasteiger partial charge in [0, 0.05) is 0 Å². The predicted octanol–water partition coefficient (Wildman–Crippen LogP) is 2.48. The molecule has 0 spiro atoms.